The Kier molecular flexibility index (Phi) is 44.3. The topological polar surface area (TPSA) is 0 Å². The van der Waals surface area contributed by atoms with Gasteiger partial charge in [-0.25, -0.2) is 0 Å². The lowest BCUT2D eigenvalue weighted by atomic mass is 9.94. The Hall–Kier alpha value is 0. The minimum absolute atomic E-state index is 0.542. The van der Waals surface area contributed by atoms with Crippen molar-refractivity contribution in [3.05, 3.63) is 0 Å². The lowest BCUT2D eigenvalue weighted by molar-refractivity contribution is 0.397. The summed E-state index contributed by atoms with van der Waals surface area (Å²) in [5.74, 6) is 16.3. The highest BCUT2D eigenvalue weighted by Gasteiger charge is 2.59. The predicted octanol–water partition coefficient (Wildman–Crippen LogP) is 30.2. The Labute approximate surface area is 539 Å². The van der Waals surface area contributed by atoms with Gasteiger partial charge in [0.25, 0.3) is 0 Å². The molecule has 0 aliphatic heterocycles. The lowest BCUT2D eigenvalue weighted by Crippen LogP contribution is -2.00. The zero-order chi connectivity index (χ0) is 66.4. The average molecular weight is 1180 g/mol. The molecule has 0 N–H and O–H groups in total. The third-order valence-electron chi connectivity index (χ3n) is 24.2. The van der Waals surface area contributed by atoms with Gasteiger partial charge in [0.1, 0.15) is 0 Å². The van der Waals surface area contributed by atoms with Gasteiger partial charge in [0.15, 0.2) is 0 Å². The van der Waals surface area contributed by atoms with Crippen molar-refractivity contribution in [1.82, 2.24) is 0 Å². The Morgan fingerprint density at radius 2 is 0.679 bits per heavy atom. The summed E-state index contributed by atoms with van der Waals surface area (Å²) < 4.78 is 0. The van der Waals surface area contributed by atoms with Crippen molar-refractivity contribution in [3.8, 4) is 0 Å². The fourth-order valence-electron chi connectivity index (χ4n) is 8.72. The molecule has 7 atom stereocenters. The van der Waals surface area contributed by atoms with Crippen LogP contribution in [0.25, 0.3) is 0 Å². The van der Waals surface area contributed by atoms with Crippen molar-refractivity contribution >= 4 is 0 Å². The highest BCUT2D eigenvalue weighted by Crippen LogP contribution is 2.70. The largest absolute Gasteiger partial charge is 0.0654 e. The molecule has 0 saturated heterocycles. The van der Waals surface area contributed by atoms with Crippen molar-refractivity contribution in [1.29, 1.82) is 0 Å². The van der Waals surface area contributed by atoms with Crippen LogP contribution in [0, 0.1) is 133 Å². The van der Waals surface area contributed by atoms with Gasteiger partial charge < -0.3 is 0 Å². The maximum Gasteiger partial charge on any atom is -0.0268 e. The summed E-state index contributed by atoms with van der Waals surface area (Å²) in [6.45, 7) is 82.1. The maximum atomic E-state index is 2.37. The first-order valence-corrected chi connectivity index (χ1v) is 38.4. The minimum Gasteiger partial charge on any atom is -0.0654 e. The molecule has 4 unspecified atom stereocenters. The van der Waals surface area contributed by atoms with Gasteiger partial charge in [-0.2, -0.15) is 0 Å². The Morgan fingerprint density at radius 1 is 0.417 bits per heavy atom. The standard InChI is InChI=1S/C6H10.9C6H12.4C6H14/c1-5-4-6(5)2-3-6;2*1-5-4-6(5,2)3;1-5(2)6-3-4-6;1-4-5(2)6(4)3;2*1-3-6(2)4-5-6;2*1-3-6-4-5(6)2;1-2-3-6-4-5-6;2*1-5-6(2,3)4;1-5(2)6(3)4;1-4-6(3)5-2/h5H,2-4H2,1H3;2*5H,4H2,1-3H3;5-6H,3-4H2,1-2H3;4-6H,1-3H3;2*3-5H2,1-2H3;2*5-6H,3-4H2,1-2H3;6H,2-5H2,1H3;2*5H2,1-4H3;5-6H,1-4H3;6H,4-5H2,1-3H3/t2*5-;;;;;;5-,6?;;;;;;/m00.....0....../s1. The molecule has 0 aromatic heterocycles. The molecule has 11 fully saturated rings. The van der Waals surface area contributed by atoms with Crippen molar-refractivity contribution in [2.75, 3.05) is 0 Å². The van der Waals surface area contributed by atoms with Gasteiger partial charge in [-0.15, -0.1) is 0 Å². The van der Waals surface area contributed by atoms with E-state index in [0.29, 0.717) is 21.7 Å². The van der Waals surface area contributed by atoms with Gasteiger partial charge in [0.05, 0.1) is 0 Å². The Morgan fingerprint density at radius 3 is 0.690 bits per heavy atom. The van der Waals surface area contributed by atoms with Crippen LogP contribution in [0.1, 0.15) is 410 Å². The van der Waals surface area contributed by atoms with Gasteiger partial charge >= 0.3 is 0 Å². The van der Waals surface area contributed by atoms with E-state index in [1.165, 1.54) is 141 Å². The van der Waals surface area contributed by atoms with E-state index in [1.54, 1.807) is 19.3 Å². The molecule has 1 spiro atoms. The third kappa shape index (κ3) is 52.7. The van der Waals surface area contributed by atoms with Crippen molar-refractivity contribution in [2.24, 2.45) is 133 Å². The summed E-state index contributed by atoms with van der Waals surface area (Å²) >= 11 is 0. The number of rotatable bonds is 10. The minimum atomic E-state index is 0.542. The van der Waals surface area contributed by atoms with Crippen LogP contribution in [0.15, 0.2) is 0 Å². The normalized spacial score (nSPS) is 29.3. The van der Waals surface area contributed by atoms with Gasteiger partial charge in [-0.1, -0.05) is 326 Å². The highest BCUT2D eigenvalue weighted by atomic mass is 14.6. The smallest absolute Gasteiger partial charge is 0.0268 e. The molecule has 11 aliphatic carbocycles. The summed E-state index contributed by atoms with van der Waals surface area (Å²) in [7, 11) is 0. The highest BCUT2D eigenvalue weighted by molar-refractivity contribution is 5.10. The first kappa shape index (κ1) is 88.2. The molecule has 0 heterocycles. The van der Waals surface area contributed by atoms with E-state index >= 15 is 0 Å². The SMILES string of the molecule is CC(C)C(C)C.CC(C)C1CC1.CC1C(C)C1C.CC1CC1(C)C.CCC(C)(C)C.CCC(C)(C)C.CCC(C)CC.CCC1(C)CC1.CCC1(C)CC1.CCC1CC1C.CCC1C[C@@H]1C.CCCC1CC1.C[C@H]1CC1(C)C.C[C@H]1CC12CC2. The second kappa shape index (κ2) is 42.2. The molecular weight excluding hydrogens is 1010 g/mol. The summed E-state index contributed by atoms with van der Waals surface area (Å²) in [6, 6.07) is 0. The molecule has 0 aromatic carbocycles. The van der Waals surface area contributed by atoms with E-state index in [-0.39, 0.29) is 0 Å². The predicted molar refractivity (Wildman–Crippen MR) is 393 cm³/mol. The van der Waals surface area contributed by atoms with Crippen LogP contribution in [-0.2, 0) is 0 Å². The van der Waals surface area contributed by atoms with Crippen molar-refractivity contribution in [3.63, 3.8) is 0 Å². The summed E-state index contributed by atoms with van der Waals surface area (Å²) in [5.41, 5.74) is 5.04. The van der Waals surface area contributed by atoms with E-state index in [1.807, 2.05) is 0 Å². The van der Waals surface area contributed by atoms with Crippen molar-refractivity contribution in [2.45, 2.75) is 410 Å². The van der Waals surface area contributed by atoms with Gasteiger partial charge in [-0.3, -0.25) is 0 Å². The van der Waals surface area contributed by atoms with E-state index in [0.717, 1.165) is 111 Å². The van der Waals surface area contributed by atoms with Crippen LogP contribution in [-0.4, -0.2) is 0 Å². The molecule has 0 aromatic rings. The van der Waals surface area contributed by atoms with E-state index in [4.69, 9.17) is 0 Å². The van der Waals surface area contributed by atoms with Crippen LogP contribution in [0.3, 0.4) is 0 Å². The fourth-order valence-corrected chi connectivity index (χ4v) is 8.72. The zero-order valence-electron chi connectivity index (χ0n) is 66.4. The molecule has 0 nitrogen and oxygen atoms in total. The van der Waals surface area contributed by atoms with Crippen LogP contribution in [0.2, 0.25) is 0 Å². The van der Waals surface area contributed by atoms with E-state index < -0.39 is 0 Å². The molecule has 11 aliphatic rings. The molecule has 0 amide bonds. The summed E-state index contributed by atoms with van der Waals surface area (Å²) in [6.07, 6.45) is 36.1. The van der Waals surface area contributed by atoms with Gasteiger partial charge in [0.2, 0.25) is 0 Å². The quantitative estimate of drug-likeness (QED) is 0.205. The van der Waals surface area contributed by atoms with Crippen LogP contribution in [0.5, 0.6) is 0 Å². The number of hydrogen-bond donors (Lipinski definition) is 0. The summed E-state index contributed by atoms with van der Waals surface area (Å²) in [5, 5.41) is 0. The average Bonchev–Trinajstić information content (AvgIpc) is 4.12. The van der Waals surface area contributed by atoms with Crippen LogP contribution < -0.4 is 0 Å². The van der Waals surface area contributed by atoms with Crippen molar-refractivity contribution < 1.29 is 0 Å². The van der Waals surface area contributed by atoms with Crippen LogP contribution >= 0.6 is 0 Å². The molecule has 0 heteroatoms. The zero-order valence-corrected chi connectivity index (χ0v) is 66.4. The van der Waals surface area contributed by atoms with Gasteiger partial charge in [-0.05, 0) is 216 Å². The third-order valence-corrected chi connectivity index (χ3v) is 24.2. The monoisotopic (exact) mass is 1180 g/mol. The molecule has 84 heavy (non-hydrogen) atoms. The first-order valence-electron chi connectivity index (χ1n) is 38.4. The molecular formula is C84H174. The molecule has 11 saturated carbocycles. The van der Waals surface area contributed by atoms with Crippen LogP contribution in [0.4, 0.5) is 0 Å². The molecule has 0 bridgehead atoms. The summed E-state index contributed by atoms with van der Waals surface area (Å²) in [4.78, 5) is 0. The molecule has 0 radical (unpaired) electrons. The Balaban J connectivity index is -0.000000841. The maximum absolute atomic E-state index is 2.37. The fraction of sp³-hybridized carbons (Fsp3) is 1.00. The Bertz CT molecular complexity index is 1330. The number of hydrogen-bond acceptors (Lipinski definition) is 0. The molecule has 11 rings (SSSR count). The van der Waals surface area contributed by atoms with E-state index in [9.17, 15) is 0 Å². The van der Waals surface area contributed by atoms with E-state index in [2.05, 4.69) is 249 Å². The second-order valence-electron chi connectivity index (χ2n) is 36.9. The second-order valence-corrected chi connectivity index (χ2v) is 36.9. The lowest BCUT2D eigenvalue weighted by Gasteiger charge is -2.12. The molecule has 510 valence electrons. The van der Waals surface area contributed by atoms with Gasteiger partial charge in [0, 0.05) is 0 Å². The first-order chi connectivity index (χ1) is 38.4.